The molecule has 1 aromatic rings. The zero-order chi connectivity index (χ0) is 20.3. The van der Waals surface area contributed by atoms with Crippen LogP contribution in [0, 0.1) is 5.92 Å². The molecular weight excluding hydrogens is 515 g/mol. The molecule has 6 nitrogen and oxygen atoms in total. The lowest BCUT2D eigenvalue weighted by molar-refractivity contribution is 0.0888. The highest BCUT2D eigenvalue weighted by Crippen LogP contribution is 2.26. The standard InChI is InChI=1S/C22H35ClN4O2.HI/c1-24-22(25-9-5-12-28-16-18-8-13-29-17-18)26-15-21(27-10-2-3-11-27)19-6-4-7-20(23)14-19;/h4,6-7,14,18,21H,2-3,5,8-13,15-17H2,1H3,(H2,24,25,26);1H. The smallest absolute Gasteiger partial charge is 0.191 e. The average Bonchev–Trinajstić information content (AvgIpc) is 3.43. The van der Waals surface area contributed by atoms with Crippen LogP contribution in [0.4, 0.5) is 0 Å². The van der Waals surface area contributed by atoms with Crippen molar-refractivity contribution in [1.82, 2.24) is 15.5 Å². The number of nitrogens with one attached hydrogen (secondary N) is 2. The Labute approximate surface area is 203 Å². The van der Waals surface area contributed by atoms with E-state index >= 15 is 0 Å². The predicted molar refractivity (Wildman–Crippen MR) is 134 cm³/mol. The third-order valence-corrected chi connectivity index (χ3v) is 5.87. The maximum absolute atomic E-state index is 6.24. The summed E-state index contributed by atoms with van der Waals surface area (Å²) in [5.41, 5.74) is 1.26. The zero-order valence-corrected chi connectivity index (χ0v) is 21.0. The van der Waals surface area contributed by atoms with Gasteiger partial charge in [0.2, 0.25) is 0 Å². The van der Waals surface area contributed by atoms with E-state index in [1.54, 1.807) is 0 Å². The largest absolute Gasteiger partial charge is 0.381 e. The fraction of sp³-hybridized carbons (Fsp3) is 0.682. The first kappa shape index (κ1) is 25.6. The molecule has 2 aliphatic rings. The molecule has 0 aromatic heterocycles. The number of rotatable bonds is 10. The molecule has 0 spiro atoms. The zero-order valence-electron chi connectivity index (χ0n) is 17.9. The van der Waals surface area contributed by atoms with Gasteiger partial charge in [-0.2, -0.15) is 0 Å². The van der Waals surface area contributed by atoms with Gasteiger partial charge in [-0.05, 0) is 56.5 Å². The van der Waals surface area contributed by atoms with E-state index in [0.717, 1.165) is 76.4 Å². The first-order valence-electron chi connectivity index (χ1n) is 10.9. The maximum Gasteiger partial charge on any atom is 0.191 e. The molecule has 0 bridgehead atoms. The first-order chi connectivity index (χ1) is 14.3. The SMILES string of the molecule is CN=C(NCCCOCC1CCOC1)NCC(c1cccc(Cl)c1)N1CCCC1.I. The first-order valence-corrected chi connectivity index (χ1v) is 11.2. The summed E-state index contributed by atoms with van der Waals surface area (Å²) in [7, 11) is 1.82. The van der Waals surface area contributed by atoms with Crippen LogP contribution in [0.2, 0.25) is 5.02 Å². The normalized spacial score (nSPS) is 20.7. The van der Waals surface area contributed by atoms with Gasteiger partial charge in [-0.15, -0.1) is 24.0 Å². The van der Waals surface area contributed by atoms with Crippen molar-refractivity contribution in [1.29, 1.82) is 0 Å². The Kier molecular flexibility index (Phi) is 12.4. The van der Waals surface area contributed by atoms with E-state index < -0.39 is 0 Å². The van der Waals surface area contributed by atoms with E-state index in [1.807, 2.05) is 19.2 Å². The number of nitrogens with zero attached hydrogens (tertiary/aromatic N) is 2. The Hall–Kier alpha value is -0.610. The van der Waals surface area contributed by atoms with Gasteiger partial charge in [0, 0.05) is 44.3 Å². The molecule has 2 aliphatic heterocycles. The molecule has 2 heterocycles. The highest BCUT2D eigenvalue weighted by atomic mass is 127. The summed E-state index contributed by atoms with van der Waals surface area (Å²) >= 11 is 6.24. The number of hydrogen-bond donors (Lipinski definition) is 2. The predicted octanol–water partition coefficient (Wildman–Crippen LogP) is 3.70. The van der Waals surface area contributed by atoms with Crippen molar-refractivity contribution < 1.29 is 9.47 Å². The summed E-state index contributed by atoms with van der Waals surface area (Å²) in [6.45, 7) is 7.21. The molecule has 0 radical (unpaired) electrons. The Balaban J connectivity index is 0.00000320. The lowest BCUT2D eigenvalue weighted by Crippen LogP contribution is -2.43. The summed E-state index contributed by atoms with van der Waals surface area (Å²) in [5.74, 6) is 1.41. The van der Waals surface area contributed by atoms with E-state index in [0.29, 0.717) is 12.0 Å². The van der Waals surface area contributed by atoms with Crippen LogP contribution < -0.4 is 10.6 Å². The van der Waals surface area contributed by atoms with Gasteiger partial charge in [0.1, 0.15) is 0 Å². The molecule has 0 amide bonds. The highest BCUT2D eigenvalue weighted by molar-refractivity contribution is 14.0. The topological polar surface area (TPSA) is 58.1 Å². The Morgan fingerprint density at radius 2 is 2.17 bits per heavy atom. The molecule has 0 saturated carbocycles. The lowest BCUT2D eigenvalue weighted by Gasteiger charge is -2.29. The van der Waals surface area contributed by atoms with E-state index in [4.69, 9.17) is 21.1 Å². The van der Waals surface area contributed by atoms with Crippen LogP contribution in [-0.4, -0.2) is 70.5 Å². The van der Waals surface area contributed by atoms with Crippen molar-refractivity contribution in [2.24, 2.45) is 10.9 Å². The van der Waals surface area contributed by atoms with E-state index in [9.17, 15) is 0 Å². The maximum atomic E-state index is 6.24. The van der Waals surface area contributed by atoms with Crippen molar-refractivity contribution in [2.45, 2.75) is 31.7 Å². The second-order valence-corrected chi connectivity index (χ2v) is 8.29. The van der Waals surface area contributed by atoms with Gasteiger partial charge >= 0.3 is 0 Å². The Morgan fingerprint density at radius 3 is 2.87 bits per heavy atom. The Morgan fingerprint density at radius 1 is 1.33 bits per heavy atom. The van der Waals surface area contributed by atoms with E-state index in [2.05, 4.69) is 32.7 Å². The van der Waals surface area contributed by atoms with Gasteiger partial charge in [0.15, 0.2) is 5.96 Å². The van der Waals surface area contributed by atoms with Gasteiger partial charge in [-0.25, -0.2) is 0 Å². The monoisotopic (exact) mass is 550 g/mol. The number of hydrogen-bond acceptors (Lipinski definition) is 4. The molecule has 2 N–H and O–H groups in total. The fourth-order valence-corrected chi connectivity index (χ4v) is 4.18. The van der Waals surface area contributed by atoms with Gasteiger partial charge in [0.05, 0.1) is 19.3 Å². The third kappa shape index (κ3) is 8.49. The van der Waals surface area contributed by atoms with E-state index in [-0.39, 0.29) is 24.0 Å². The van der Waals surface area contributed by atoms with Crippen LogP contribution in [0.25, 0.3) is 0 Å². The third-order valence-electron chi connectivity index (χ3n) is 5.64. The molecule has 0 aliphatic carbocycles. The number of ether oxygens (including phenoxy) is 2. The van der Waals surface area contributed by atoms with Gasteiger partial charge in [-0.1, -0.05) is 23.7 Å². The molecule has 2 unspecified atom stereocenters. The number of aliphatic imine (C=N–C) groups is 1. The molecule has 3 rings (SSSR count). The minimum Gasteiger partial charge on any atom is -0.381 e. The van der Waals surface area contributed by atoms with Crippen molar-refractivity contribution in [3.05, 3.63) is 34.9 Å². The Bertz CT molecular complexity index is 637. The van der Waals surface area contributed by atoms with Crippen molar-refractivity contribution in [2.75, 3.05) is 59.7 Å². The summed E-state index contributed by atoms with van der Waals surface area (Å²) in [4.78, 5) is 6.91. The minimum absolute atomic E-state index is 0. The van der Waals surface area contributed by atoms with Crippen molar-refractivity contribution in [3.8, 4) is 0 Å². The number of halogens is 2. The number of benzene rings is 1. The molecule has 2 fully saturated rings. The van der Waals surface area contributed by atoms with Crippen LogP contribution in [0.1, 0.15) is 37.3 Å². The number of likely N-dealkylation sites (tertiary alicyclic amines) is 1. The summed E-state index contributed by atoms with van der Waals surface area (Å²) < 4.78 is 11.1. The van der Waals surface area contributed by atoms with Crippen LogP contribution >= 0.6 is 35.6 Å². The minimum atomic E-state index is 0. The summed E-state index contributed by atoms with van der Waals surface area (Å²) in [6, 6.07) is 8.51. The summed E-state index contributed by atoms with van der Waals surface area (Å²) in [5, 5.41) is 7.68. The van der Waals surface area contributed by atoms with E-state index in [1.165, 1.54) is 18.4 Å². The molecule has 2 saturated heterocycles. The van der Waals surface area contributed by atoms with Gasteiger partial charge in [0.25, 0.3) is 0 Å². The second-order valence-electron chi connectivity index (χ2n) is 7.85. The number of guanidine groups is 1. The summed E-state index contributed by atoms with van der Waals surface area (Å²) in [6.07, 6.45) is 4.60. The van der Waals surface area contributed by atoms with Crippen molar-refractivity contribution in [3.63, 3.8) is 0 Å². The lowest BCUT2D eigenvalue weighted by atomic mass is 10.1. The van der Waals surface area contributed by atoms with Gasteiger partial charge in [-0.3, -0.25) is 9.89 Å². The molecular formula is C22H36ClIN4O2. The molecule has 8 heteroatoms. The van der Waals surface area contributed by atoms with Crippen LogP contribution in [0.3, 0.4) is 0 Å². The molecule has 2 atom stereocenters. The molecule has 30 heavy (non-hydrogen) atoms. The van der Waals surface area contributed by atoms with Gasteiger partial charge < -0.3 is 20.1 Å². The van der Waals surface area contributed by atoms with Crippen LogP contribution in [0.15, 0.2) is 29.3 Å². The van der Waals surface area contributed by atoms with Crippen LogP contribution in [-0.2, 0) is 9.47 Å². The average molecular weight is 551 g/mol. The van der Waals surface area contributed by atoms with Crippen molar-refractivity contribution >= 4 is 41.5 Å². The van der Waals surface area contributed by atoms with Crippen LogP contribution in [0.5, 0.6) is 0 Å². The highest BCUT2D eigenvalue weighted by Gasteiger charge is 2.23. The molecule has 1 aromatic carbocycles. The molecule has 170 valence electrons. The fourth-order valence-electron chi connectivity index (χ4n) is 3.98. The second kappa shape index (κ2) is 14.5. The quantitative estimate of drug-likeness (QED) is 0.201.